The van der Waals surface area contributed by atoms with Gasteiger partial charge in [-0.2, -0.15) is 0 Å². The van der Waals surface area contributed by atoms with E-state index in [-0.39, 0.29) is 11.8 Å². The molecule has 1 heterocycles. The molecule has 1 fully saturated rings. The van der Waals surface area contributed by atoms with Crippen LogP contribution in [-0.4, -0.2) is 54.3 Å². The SMILES string of the molecule is CC(C)CC(=O)N1CCN(C(=O)CCCCCNBr)CC1. The predicted octanol–water partition coefficient (Wildman–Crippen LogP) is 2.16. The number of unbranched alkanes of at least 4 members (excludes halogenated alkanes) is 2. The Hall–Kier alpha value is -0.620. The predicted molar refractivity (Wildman–Crippen MR) is 88.0 cm³/mol. The van der Waals surface area contributed by atoms with Crippen molar-refractivity contribution in [2.45, 2.75) is 46.0 Å². The Kier molecular flexibility index (Phi) is 8.92. The molecule has 6 heteroatoms. The summed E-state index contributed by atoms with van der Waals surface area (Å²) in [5.41, 5.74) is 0. The summed E-state index contributed by atoms with van der Waals surface area (Å²) in [5.74, 6) is 0.850. The van der Waals surface area contributed by atoms with Crippen molar-refractivity contribution in [3.8, 4) is 0 Å². The normalized spacial score (nSPS) is 15.6. The third kappa shape index (κ3) is 7.27. The summed E-state index contributed by atoms with van der Waals surface area (Å²) in [7, 11) is 0. The number of halogens is 1. The fourth-order valence-corrected chi connectivity index (χ4v) is 2.77. The molecule has 0 unspecified atom stereocenters. The smallest absolute Gasteiger partial charge is 0.222 e. The molecule has 1 rings (SSSR count). The second-order valence-corrected chi connectivity index (χ2v) is 6.61. The van der Waals surface area contributed by atoms with Gasteiger partial charge in [0.2, 0.25) is 11.8 Å². The van der Waals surface area contributed by atoms with E-state index in [1.54, 1.807) is 0 Å². The highest BCUT2D eigenvalue weighted by Crippen LogP contribution is 2.10. The highest BCUT2D eigenvalue weighted by molar-refractivity contribution is 9.08. The molecular formula is C15H28BrN3O2. The van der Waals surface area contributed by atoms with E-state index in [0.29, 0.717) is 44.9 Å². The monoisotopic (exact) mass is 361 g/mol. The minimum atomic E-state index is 0.222. The van der Waals surface area contributed by atoms with Crippen molar-refractivity contribution >= 4 is 28.0 Å². The molecule has 1 aliphatic rings. The van der Waals surface area contributed by atoms with Gasteiger partial charge in [-0.15, -0.1) is 0 Å². The maximum Gasteiger partial charge on any atom is 0.222 e. The molecule has 122 valence electrons. The number of hydrogen-bond acceptors (Lipinski definition) is 3. The summed E-state index contributed by atoms with van der Waals surface area (Å²) < 4.78 is 2.93. The minimum Gasteiger partial charge on any atom is -0.339 e. The molecule has 0 aliphatic carbocycles. The Morgan fingerprint density at radius 3 is 2.10 bits per heavy atom. The molecule has 0 aromatic carbocycles. The third-order valence-corrected chi connectivity index (χ3v) is 4.13. The Bertz CT molecular complexity index is 329. The first-order valence-electron chi connectivity index (χ1n) is 7.93. The number of amides is 2. The zero-order valence-electron chi connectivity index (χ0n) is 13.2. The number of nitrogens with zero attached hydrogens (tertiary/aromatic N) is 2. The molecule has 0 radical (unpaired) electrons. The van der Waals surface area contributed by atoms with Gasteiger partial charge in [0.05, 0.1) is 0 Å². The van der Waals surface area contributed by atoms with E-state index in [2.05, 4.69) is 34.3 Å². The molecule has 1 saturated heterocycles. The van der Waals surface area contributed by atoms with Gasteiger partial charge in [-0.25, -0.2) is 0 Å². The first-order valence-corrected chi connectivity index (χ1v) is 8.73. The van der Waals surface area contributed by atoms with Crippen LogP contribution in [0.3, 0.4) is 0 Å². The van der Waals surface area contributed by atoms with Gasteiger partial charge in [0, 0.05) is 61.7 Å². The van der Waals surface area contributed by atoms with E-state index >= 15 is 0 Å². The van der Waals surface area contributed by atoms with Gasteiger partial charge in [0.1, 0.15) is 0 Å². The van der Waals surface area contributed by atoms with Gasteiger partial charge < -0.3 is 9.80 Å². The maximum absolute atomic E-state index is 12.1. The van der Waals surface area contributed by atoms with Crippen LogP contribution >= 0.6 is 16.1 Å². The molecule has 2 amide bonds. The van der Waals surface area contributed by atoms with E-state index in [1.807, 2.05) is 9.80 Å². The quantitative estimate of drug-likeness (QED) is 0.532. The molecule has 21 heavy (non-hydrogen) atoms. The summed E-state index contributed by atoms with van der Waals surface area (Å²) in [6.07, 6.45) is 4.32. The van der Waals surface area contributed by atoms with E-state index < -0.39 is 0 Å². The summed E-state index contributed by atoms with van der Waals surface area (Å²) in [5, 5.41) is 0. The Morgan fingerprint density at radius 1 is 1.00 bits per heavy atom. The van der Waals surface area contributed by atoms with Gasteiger partial charge in [-0.05, 0) is 18.8 Å². The topological polar surface area (TPSA) is 52.7 Å². The fraction of sp³-hybridized carbons (Fsp3) is 0.867. The summed E-state index contributed by atoms with van der Waals surface area (Å²) in [4.78, 5) is 27.9. The van der Waals surface area contributed by atoms with E-state index in [4.69, 9.17) is 0 Å². The first kappa shape index (κ1) is 18.4. The number of rotatable bonds is 8. The van der Waals surface area contributed by atoms with Gasteiger partial charge in [-0.1, -0.05) is 20.3 Å². The van der Waals surface area contributed by atoms with E-state index in [9.17, 15) is 9.59 Å². The summed E-state index contributed by atoms with van der Waals surface area (Å²) in [6, 6.07) is 0. The highest BCUT2D eigenvalue weighted by Gasteiger charge is 2.23. The summed E-state index contributed by atoms with van der Waals surface area (Å²) >= 11 is 3.17. The molecule has 0 aromatic rings. The molecule has 0 spiro atoms. The minimum absolute atomic E-state index is 0.222. The average molecular weight is 362 g/mol. The largest absolute Gasteiger partial charge is 0.339 e. The standard InChI is InChI=1S/C15H28BrN3O2/c1-13(2)12-15(21)19-10-8-18(9-11-19)14(20)6-4-3-5-7-17-16/h13,17H,3-12H2,1-2H3. The first-order chi connectivity index (χ1) is 10.0. The Labute approximate surface area is 136 Å². The molecule has 1 N–H and O–H groups in total. The van der Waals surface area contributed by atoms with Gasteiger partial charge in [0.15, 0.2) is 0 Å². The lowest BCUT2D eigenvalue weighted by atomic mass is 10.1. The van der Waals surface area contributed by atoms with Gasteiger partial charge >= 0.3 is 0 Å². The van der Waals surface area contributed by atoms with Crippen LogP contribution in [0.25, 0.3) is 0 Å². The van der Waals surface area contributed by atoms with E-state index in [1.165, 1.54) is 0 Å². The van der Waals surface area contributed by atoms with Crippen molar-refractivity contribution in [3.63, 3.8) is 0 Å². The summed E-state index contributed by atoms with van der Waals surface area (Å²) in [6.45, 7) is 7.79. The number of hydrogen-bond donors (Lipinski definition) is 1. The van der Waals surface area contributed by atoms with Crippen LogP contribution in [0, 0.1) is 5.92 Å². The van der Waals surface area contributed by atoms with E-state index in [0.717, 1.165) is 25.8 Å². The van der Waals surface area contributed by atoms with Crippen LogP contribution in [-0.2, 0) is 9.59 Å². The van der Waals surface area contributed by atoms with Crippen LogP contribution in [0.5, 0.6) is 0 Å². The Morgan fingerprint density at radius 2 is 1.57 bits per heavy atom. The Balaban J connectivity index is 2.19. The number of nitrogens with one attached hydrogen (secondary N) is 1. The van der Waals surface area contributed by atoms with Crippen LogP contribution in [0.2, 0.25) is 0 Å². The lowest BCUT2D eigenvalue weighted by Gasteiger charge is -2.35. The van der Waals surface area contributed by atoms with Gasteiger partial charge in [-0.3, -0.25) is 13.9 Å². The molecule has 0 atom stereocenters. The van der Waals surface area contributed by atoms with Crippen molar-refractivity contribution in [1.29, 1.82) is 0 Å². The molecule has 0 aromatic heterocycles. The van der Waals surface area contributed by atoms with Crippen molar-refractivity contribution < 1.29 is 9.59 Å². The van der Waals surface area contributed by atoms with Crippen LogP contribution < -0.4 is 4.34 Å². The van der Waals surface area contributed by atoms with Crippen LogP contribution in [0.4, 0.5) is 0 Å². The lowest BCUT2D eigenvalue weighted by Crippen LogP contribution is -2.50. The molecule has 1 aliphatic heterocycles. The van der Waals surface area contributed by atoms with Crippen molar-refractivity contribution in [2.24, 2.45) is 5.92 Å². The van der Waals surface area contributed by atoms with Gasteiger partial charge in [0.25, 0.3) is 0 Å². The number of carbonyl (C=O) groups excluding carboxylic acids is 2. The zero-order valence-corrected chi connectivity index (χ0v) is 14.8. The average Bonchev–Trinajstić information content (AvgIpc) is 2.46. The zero-order chi connectivity index (χ0) is 15.7. The third-order valence-electron chi connectivity index (χ3n) is 3.73. The highest BCUT2D eigenvalue weighted by atomic mass is 79.9. The van der Waals surface area contributed by atoms with Crippen molar-refractivity contribution in [1.82, 2.24) is 14.1 Å². The molecule has 5 nitrogen and oxygen atoms in total. The molecule has 0 bridgehead atoms. The molecular weight excluding hydrogens is 334 g/mol. The number of carbonyl (C=O) groups is 2. The van der Waals surface area contributed by atoms with Crippen LogP contribution in [0.1, 0.15) is 46.0 Å². The number of piperazine rings is 1. The lowest BCUT2D eigenvalue weighted by molar-refractivity contribution is -0.140. The second kappa shape index (κ2) is 10.2. The van der Waals surface area contributed by atoms with Crippen molar-refractivity contribution in [3.05, 3.63) is 0 Å². The second-order valence-electron chi connectivity index (χ2n) is 6.05. The molecule has 0 saturated carbocycles. The van der Waals surface area contributed by atoms with Crippen LogP contribution in [0.15, 0.2) is 0 Å². The van der Waals surface area contributed by atoms with Crippen molar-refractivity contribution in [2.75, 3.05) is 32.7 Å². The maximum atomic E-state index is 12.1. The fourth-order valence-electron chi connectivity index (χ4n) is 2.49.